The number of para-hydroxylation sites is 1. The summed E-state index contributed by atoms with van der Waals surface area (Å²) in [6.07, 6.45) is 1.16. The molecule has 0 bridgehead atoms. The van der Waals surface area contributed by atoms with E-state index in [2.05, 4.69) is 5.32 Å². The van der Waals surface area contributed by atoms with E-state index in [-0.39, 0.29) is 29.5 Å². The number of amides is 1. The lowest BCUT2D eigenvalue weighted by Crippen LogP contribution is -2.44. The minimum absolute atomic E-state index is 0.0144. The number of benzene rings is 1. The number of esters is 1. The van der Waals surface area contributed by atoms with Gasteiger partial charge in [0.05, 0.1) is 12.5 Å². The number of hydrogen-bond acceptors (Lipinski definition) is 5. The lowest BCUT2D eigenvalue weighted by molar-refractivity contribution is -0.120. The van der Waals surface area contributed by atoms with E-state index in [0.717, 1.165) is 0 Å². The average Bonchev–Trinajstić information content (AvgIpc) is 3.04. The molecule has 1 amide bonds. The van der Waals surface area contributed by atoms with Gasteiger partial charge < -0.3 is 14.6 Å². The molecule has 174 valence electrons. The summed E-state index contributed by atoms with van der Waals surface area (Å²) in [5.41, 5.74) is 1.83. The van der Waals surface area contributed by atoms with Crippen molar-refractivity contribution in [3.05, 3.63) is 47.3 Å². The van der Waals surface area contributed by atoms with Crippen molar-refractivity contribution < 1.29 is 22.7 Å². The first-order valence-electron chi connectivity index (χ1n) is 10.9. The number of carbonyl (C=O) groups is 2. The van der Waals surface area contributed by atoms with Crippen LogP contribution in [0.3, 0.4) is 0 Å². The molecule has 1 saturated heterocycles. The number of hydrogen-bond donors (Lipinski definition) is 1. The van der Waals surface area contributed by atoms with Gasteiger partial charge in [0.2, 0.25) is 15.9 Å². The van der Waals surface area contributed by atoms with E-state index in [4.69, 9.17) is 4.74 Å². The second kappa shape index (κ2) is 9.87. The van der Waals surface area contributed by atoms with Crippen LogP contribution < -0.4 is 5.32 Å². The van der Waals surface area contributed by atoms with Gasteiger partial charge in [-0.1, -0.05) is 18.2 Å². The van der Waals surface area contributed by atoms with E-state index in [1.54, 1.807) is 32.9 Å². The number of aromatic nitrogens is 1. The Hall–Kier alpha value is -2.65. The van der Waals surface area contributed by atoms with E-state index < -0.39 is 21.9 Å². The highest BCUT2D eigenvalue weighted by Crippen LogP contribution is 2.32. The third-order valence-electron chi connectivity index (χ3n) is 5.92. The Bertz CT molecular complexity index is 1090. The summed E-state index contributed by atoms with van der Waals surface area (Å²) in [7, 11) is -4.01. The molecule has 1 fully saturated rings. The second-order valence-corrected chi connectivity index (χ2v) is 9.77. The van der Waals surface area contributed by atoms with Crippen molar-refractivity contribution in [3.8, 4) is 0 Å². The Labute approximate surface area is 189 Å². The number of nitrogens with zero attached hydrogens (tertiary/aromatic N) is 2. The fourth-order valence-electron chi connectivity index (χ4n) is 4.36. The van der Waals surface area contributed by atoms with Crippen LogP contribution in [0.25, 0.3) is 0 Å². The molecular weight excluding hydrogens is 430 g/mol. The van der Waals surface area contributed by atoms with Crippen molar-refractivity contribution in [2.24, 2.45) is 5.92 Å². The summed E-state index contributed by atoms with van der Waals surface area (Å²) >= 11 is 0. The van der Waals surface area contributed by atoms with Crippen molar-refractivity contribution >= 4 is 27.6 Å². The maximum absolute atomic E-state index is 13.7. The third kappa shape index (κ3) is 4.59. The van der Waals surface area contributed by atoms with Crippen LogP contribution in [0.15, 0.2) is 35.2 Å². The molecule has 1 atom stereocenters. The molecule has 1 aliphatic rings. The van der Waals surface area contributed by atoms with E-state index in [9.17, 15) is 18.0 Å². The number of ether oxygens (including phenoxy) is 1. The lowest BCUT2D eigenvalue weighted by atomic mass is 9.99. The maximum Gasteiger partial charge on any atom is 0.341 e. The molecule has 1 aromatic carbocycles. The summed E-state index contributed by atoms with van der Waals surface area (Å²) in [4.78, 5) is 25.5. The van der Waals surface area contributed by atoms with Gasteiger partial charge in [-0.05, 0) is 52.7 Å². The molecule has 1 N–H and O–H groups in total. The molecule has 0 unspecified atom stereocenters. The molecule has 0 aliphatic carbocycles. The minimum Gasteiger partial charge on any atom is -0.462 e. The first-order valence-corrected chi connectivity index (χ1v) is 12.4. The van der Waals surface area contributed by atoms with Gasteiger partial charge in [0.15, 0.2) is 0 Å². The monoisotopic (exact) mass is 461 g/mol. The number of carbonyl (C=O) groups excluding carboxylic acids is 2. The number of sulfonamides is 1. The molecule has 2 aromatic rings. The Balaban J connectivity index is 1.92. The number of piperidine rings is 1. The van der Waals surface area contributed by atoms with Gasteiger partial charge >= 0.3 is 5.97 Å². The molecule has 9 heteroatoms. The quantitative estimate of drug-likeness (QED) is 0.638. The van der Waals surface area contributed by atoms with Crippen LogP contribution in [-0.2, 0) is 26.1 Å². The van der Waals surface area contributed by atoms with Crippen molar-refractivity contribution in [2.45, 2.75) is 52.0 Å². The van der Waals surface area contributed by atoms with Crippen molar-refractivity contribution in [2.75, 3.05) is 25.0 Å². The molecule has 3 rings (SSSR count). The zero-order valence-corrected chi connectivity index (χ0v) is 19.9. The van der Waals surface area contributed by atoms with Crippen LogP contribution in [-0.4, -0.2) is 48.9 Å². The van der Waals surface area contributed by atoms with Crippen LogP contribution in [0.4, 0.5) is 5.69 Å². The summed E-state index contributed by atoms with van der Waals surface area (Å²) in [6.45, 7) is 8.07. The zero-order valence-electron chi connectivity index (χ0n) is 19.1. The summed E-state index contributed by atoms with van der Waals surface area (Å²) in [6, 6.07) is 9.10. The van der Waals surface area contributed by atoms with E-state index >= 15 is 0 Å². The van der Waals surface area contributed by atoms with Gasteiger partial charge in [0, 0.05) is 36.7 Å². The molecular formula is C23H31N3O5S. The molecule has 0 saturated carbocycles. The summed E-state index contributed by atoms with van der Waals surface area (Å²) in [5.74, 6) is -1.32. The predicted octanol–water partition coefficient (Wildman–Crippen LogP) is 3.34. The fraction of sp³-hybridized carbons (Fsp3) is 0.478. The zero-order chi connectivity index (χ0) is 23.5. The largest absolute Gasteiger partial charge is 0.462 e. The van der Waals surface area contributed by atoms with Gasteiger partial charge in [-0.25, -0.2) is 13.2 Å². The molecule has 8 nitrogen and oxygen atoms in total. The topological polar surface area (TPSA) is 97.7 Å². The normalized spacial score (nSPS) is 17.2. The standard InChI is InChI=1S/C23H31N3O5S/c1-5-26-16(3)20(23(28)31-6-2)21(17(26)4)32(29,30)25-14-10-11-18(15-25)22(27)24-19-12-8-7-9-13-19/h7-9,12-13,18H,5-6,10-11,14-15H2,1-4H3,(H,24,27)/t18-/m0/s1. The Morgan fingerprint density at radius 1 is 1.12 bits per heavy atom. The first kappa shape index (κ1) is 24.0. The molecule has 1 aromatic heterocycles. The Morgan fingerprint density at radius 3 is 2.44 bits per heavy atom. The Kier molecular flexibility index (Phi) is 7.40. The molecule has 2 heterocycles. The van der Waals surface area contributed by atoms with E-state index in [1.807, 2.05) is 29.7 Å². The summed E-state index contributed by atoms with van der Waals surface area (Å²) < 4.78 is 35.7. The smallest absolute Gasteiger partial charge is 0.341 e. The first-order chi connectivity index (χ1) is 15.2. The number of nitrogens with one attached hydrogen (secondary N) is 1. The minimum atomic E-state index is -4.01. The van der Waals surface area contributed by atoms with Gasteiger partial charge in [-0.15, -0.1) is 0 Å². The lowest BCUT2D eigenvalue weighted by Gasteiger charge is -2.31. The van der Waals surface area contributed by atoms with Gasteiger partial charge in [-0.3, -0.25) is 4.79 Å². The van der Waals surface area contributed by atoms with Crippen molar-refractivity contribution in [1.29, 1.82) is 0 Å². The number of anilines is 1. The predicted molar refractivity (Wildman–Crippen MR) is 122 cm³/mol. The SMILES string of the molecule is CCOC(=O)c1c(S(=O)(=O)N2CCC[C@H](C(=O)Nc3ccccc3)C2)c(C)n(CC)c1C. The van der Waals surface area contributed by atoms with Crippen molar-refractivity contribution in [1.82, 2.24) is 8.87 Å². The van der Waals surface area contributed by atoms with Gasteiger partial charge in [-0.2, -0.15) is 4.31 Å². The van der Waals surface area contributed by atoms with E-state index in [1.165, 1.54) is 4.31 Å². The third-order valence-corrected chi connectivity index (χ3v) is 7.94. The number of rotatable bonds is 7. The highest BCUT2D eigenvalue weighted by Gasteiger charge is 2.39. The highest BCUT2D eigenvalue weighted by molar-refractivity contribution is 7.89. The van der Waals surface area contributed by atoms with Crippen LogP contribution in [0.1, 0.15) is 48.4 Å². The average molecular weight is 462 g/mol. The van der Waals surface area contributed by atoms with Crippen LogP contribution in [0.5, 0.6) is 0 Å². The van der Waals surface area contributed by atoms with E-state index in [0.29, 0.717) is 43.0 Å². The van der Waals surface area contributed by atoms with Gasteiger partial charge in [0.1, 0.15) is 10.5 Å². The fourth-order valence-corrected chi connectivity index (χ4v) is 6.33. The molecule has 0 radical (unpaired) electrons. The maximum atomic E-state index is 13.7. The highest BCUT2D eigenvalue weighted by atomic mass is 32.2. The second-order valence-electron chi connectivity index (χ2n) is 7.90. The van der Waals surface area contributed by atoms with Crippen LogP contribution >= 0.6 is 0 Å². The van der Waals surface area contributed by atoms with Crippen LogP contribution in [0.2, 0.25) is 0 Å². The van der Waals surface area contributed by atoms with Gasteiger partial charge in [0.25, 0.3) is 0 Å². The summed E-state index contributed by atoms with van der Waals surface area (Å²) in [5, 5.41) is 2.86. The molecule has 0 spiro atoms. The van der Waals surface area contributed by atoms with Crippen molar-refractivity contribution in [3.63, 3.8) is 0 Å². The molecule has 1 aliphatic heterocycles. The Morgan fingerprint density at radius 2 is 1.81 bits per heavy atom. The van der Waals surface area contributed by atoms with Crippen LogP contribution in [0, 0.1) is 19.8 Å². The molecule has 32 heavy (non-hydrogen) atoms.